The molecule has 0 saturated carbocycles. The number of ether oxygens (including phenoxy) is 1. The molecule has 0 unspecified atom stereocenters. The lowest BCUT2D eigenvalue weighted by molar-refractivity contribution is -0.137. The summed E-state index contributed by atoms with van der Waals surface area (Å²) in [5.74, 6) is 0.479. The number of halogens is 4. The maximum absolute atomic E-state index is 12.5. The summed E-state index contributed by atoms with van der Waals surface area (Å²) in [6.45, 7) is 8.73. The molecule has 0 fully saturated rings. The SMILES string of the molecule is CCNC(=NCCOc1ccc(C(F)(F)F)cn1)N(C)CC(=O)NC(C)(C)C.I. The van der Waals surface area contributed by atoms with Crippen molar-refractivity contribution in [2.24, 2.45) is 4.99 Å². The first kappa shape index (κ1) is 27.2. The predicted molar refractivity (Wildman–Crippen MR) is 117 cm³/mol. The van der Waals surface area contributed by atoms with Crippen LogP contribution in [0.2, 0.25) is 0 Å². The van der Waals surface area contributed by atoms with Gasteiger partial charge < -0.3 is 20.3 Å². The molecule has 0 atom stereocenters. The number of pyridine rings is 1. The minimum atomic E-state index is -4.43. The van der Waals surface area contributed by atoms with Crippen LogP contribution < -0.4 is 15.4 Å². The van der Waals surface area contributed by atoms with Crippen LogP contribution in [0.1, 0.15) is 33.3 Å². The van der Waals surface area contributed by atoms with Gasteiger partial charge in [-0.25, -0.2) is 9.98 Å². The lowest BCUT2D eigenvalue weighted by atomic mass is 10.1. The van der Waals surface area contributed by atoms with Crippen molar-refractivity contribution < 1.29 is 22.7 Å². The molecule has 166 valence electrons. The summed E-state index contributed by atoms with van der Waals surface area (Å²) in [5.41, 5.74) is -1.15. The summed E-state index contributed by atoms with van der Waals surface area (Å²) in [6, 6.07) is 2.08. The Morgan fingerprint density at radius 2 is 1.93 bits per heavy atom. The van der Waals surface area contributed by atoms with Crippen molar-refractivity contribution in [3.8, 4) is 5.88 Å². The number of aromatic nitrogens is 1. The third-order valence-electron chi connectivity index (χ3n) is 3.26. The summed E-state index contributed by atoms with van der Waals surface area (Å²) >= 11 is 0. The molecular weight excluding hydrogens is 502 g/mol. The second-order valence-corrected chi connectivity index (χ2v) is 7.12. The van der Waals surface area contributed by atoms with Gasteiger partial charge in [0.05, 0.1) is 18.7 Å². The van der Waals surface area contributed by atoms with Crippen LogP contribution in [0.3, 0.4) is 0 Å². The van der Waals surface area contributed by atoms with E-state index in [0.29, 0.717) is 12.5 Å². The standard InChI is InChI=1S/C18H28F3N5O2.HI/c1-6-22-16(26(5)12-14(27)25-17(2,3)4)23-9-10-28-15-8-7-13(11-24-15)18(19,20)21;/h7-8,11H,6,9-10,12H2,1-5H3,(H,22,23)(H,25,27);1H. The molecule has 1 amide bonds. The van der Waals surface area contributed by atoms with Crippen molar-refractivity contribution >= 4 is 35.8 Å². The van der Waals surface area contributed by atoms with Gasteiger partial charge in [-0.05, 0) is 33.8 Å². The first-order valence-corrected chi connectivity index (χ1v) is 8.89. The third-order valence-corrected chi connectivity index (χ3v) is 3.26. The molecular formula is C18H29F3IN5O2. The number of rotatable bonds is 7. The maximum atomic E-state index is 12.5. The fourth-order valence-corrected chi connectivity index (χ4v) is 2.15. The summed E-state index contributed by atoms with van der Waals surface area (Å²) in [4.78, 5) is 21.7. The zero-order chi connectivity index (χ0) is 21.4. The van der Waals surface area contributed by atoms with Gasteiger partial charge in [0.15, 0.2) is 5.96 Å². The van der Waals surface area contributed by atoms with Crippen LogP contribution in [0.5, 0.6) is 5.88 Å². The fourth-order valence-electron chi connectivity index (χ4n) is 2.15. The van der Waals surface area contributed by atoms with Gasteiger partial charge in [0.25, 0.3) is 0 Å². The highest BCUT2D eigenvalue weighted by Gasteiger charge is 2.30. The Kier molecular flexibility index (Phi) is 11.3. The molecule has 1 aromatic rings. The molecule has 11 heteroatoms. The molecule has 1 heterocycles. The molecule has 1 rings (SSSR count). The molecule has 29 heavy (non-hydrogen) atoms. The number of hydrogen-bond acceptors (Lipinski definition) is 4. The smallest absolute Gasteiger partial charge is 0.417 e. The quantitative estimate of drug-likeness (QED) is 0.245. The van der Waals surface area contributed by atoms with Gasteiger partial charge in [-0.3, -0.25) is 4.79 Å². The van der Waals surface area contributed by atoms with Gasteiger partial charge >= 0.3 is 6.18 Å². The molecule has 0 aliphatic heterocycles. The number of alkyl halides is 3. The molecule has 1 aromatic heterocycles. The van der Waals surface area contributed by atoms with E-state index in [0.717, 1.165) is 12.3 Å². The highest BCUT2D eigenvalue weighted by atomic mass is 127. The Labute approximate surface area is 186 Å². The van der Waals surface area contributed by atoms with Crippen molar-refractivity contribution in [3.63, 3.8) is 0 Å². The lowest BCUT2D eigenvalue weighted by Crippen LogP contribution is -2.48. The number of carbonyl (C=O) groups is 1. The van der Waals surface area contributed by atoms with Crippen LogP contribution in [0.25, 0.3) is 0 Å². The Balaban J connectivity index is 0.00000784. The molecule has 0 aliphatic carbocycles. The highest BCUT2D eigenvalue weighted by molar-refractivity contribution is 14.0. The molecule has 0 saturated heterocycles. The van der Waals surface area contributed by atoms with Crippen LogP contribution in [0.4, 0.5) is 13.2 Å². The molecule has 0 radical (unpaired) electrons. The highest BCUT2D eigenvalue weighted by Crippen LogP contribution is 2.29. The summed E-state index contributed by atoms with van der Waals surface area (Å²) < 4.78 is 42.8. The topological polar surface area (TPSA) is 78.9 Å². The summed E-state index contributed by atoms with van der Waals surface area (Å²) in [5, 5.41) is 5.95. The van der Waals surface area contributed by atoms with E-state index in [-0.39, 0.29) is 61.0 Å². The van der Waals surface area contributed by atoms with Crippen molar-refractivity contribution in [1.29, 1.82) is 0 Å². The second kappa shape index (κ2) is 12.0. The van der Waals surface area contributed by atoms with Crippen molar-refractivity contribution in [2.75, 3.05) is 33.3 Å². The van der Waals surface area contributed by atoms with Crippen LogP contribution in [-0.2, 0) is 11.0 Å². The Hall–Kier alpha value is -1.79. The zero-order valence-corrected chi connectivity index (χ0v) is 19.6. The van der Waals surface area contributed by atoms with Gasteiger partial charge in [0, 0.05) is 31.4 Å². The van der Waals surface area contributed by atoms with Crippen molar-refractivity contribution in [1.82, 2.24) is 20.5 Å². The first-order valence-electron chi connectivity index (χ1n) is 8.89. The largest absolute Gasteiger partial charge is 0.476 e. The van der Waals surface area contributed by atoms with E-state index in [1.165, 1.54) is 6.07 Å². The van der Waals surface area contributed by atoms with E-state index < -0.39 is 11.7 Å². The van der Waals surface area contributed by atoms with E-state index in [4.69, 9.17) is 4.74 Å². The van der Waals surface area contributed by atoms with Gasteiger partial charge in [-0.2, -0.15) is 13.2 Å². The van der Waals surface area contributed by atoms with Gasteiger partial charge in [-0.15, -0.1) is 24.0 Å². The Bertz CT molecular complexity index is 661. The molecule has 7 nitrogen and oxygen atoms in total. The molecule has 2 N–H and O–H groups in total. The van der Waals surface area contributed by atoms with Crippen molar-refractivity contribution in [3.05, 3.63) is 23.9 Å². The van der Waals surface area contributed by atoms with Gasteiger partial charge in [0.2, 0.25) is 11.8 Å². The minimum Gasteiger partial charge on any atom is -0.476 e. The number of nitrogens with zero attached hydrogens (tertiary/aromatic N) is 3. The number of likely N-dealkylation sites (N-methyl/N-ethyl adjacent to an activating group) is 1. The first-order chi connectivity index (χ1) is 12.9. The van der Waals surface area contributed by atoms with E-state index in [1.54, 1.807) is 11.9 Å². The number of carbonyl (C=O) groups excluding carboxylic acids is 1. The van der Waals surface area contributed by atoms with E-state index in [1.807, 2.05) is 27.7 Å². The monoisotopic (exact) mass is 531 g/mol. The van der Waals surface area contributed by atoms with Crippen LogP contribution in [0.15, 0.2) is 23.3 Å². The van der Waals surface area contributed by atoms with Gasteiger partial charge in [0.1, 0.15) is 6.61 Å². The predicted octanol–water partition coefficient (Wildman–Crippen LogP) is 2.91. The van der Waals surface area contributed by atoms with E-state index in [9.17, 15) is 18.0 Å². The molecule has 0 aliphatic rings. The molecule has 0 bridgehead atoms. The Morgan fingerprint density at radius 3 is 2.41 bits per heavy atom. The number of nitrogens with one attached hydrogen (secondary N) is 2. The normalized spacial score (nSPS) is 12.1. The van der Waals surface area contributed by atoms with Gasteiger partial charge in [-0.1, -0.05) is 0 Å². The average Bonchev–Trinajstić information content (AvgIpc) is 2.55. The Morgan fingerprint density at radius 1 is 1.28 bits per heavy atom. The van der Waals surface area contributed by atoms with Crippen LogP contribution >= 0.6 is 24.0 Å². The fraction of sp³-hybridized carbons (Fsp3) is 0.611. The summed E-state index contributed by atoms with van der Waals surface area (Å²) in [7, 11) is 1.74. The number of aliphatic imine (C=N–C) groups is 1. The number of guanidine groups is 1. The number of amides is 1. The van der Waals surface area contributed by atoms with E-state index in [2.05, 4.69) is 20.6 Å². The van der Waals surface area contributed by atoms with Crippen LogP contribution in [0, 0.1) is 0 Å². The molecule has 0 spiro atoms. The van der Waals surface area contributed by atoms with Crippen molar-refractivity contribution in [2.45, 2.75) is 39.4 Å². The lowest BCUT2D eigenvalue weighted by Gasteiger charge is -2.25. The van der Waals surface area contributed by atoms with E-state index >= 15 is 0 Å². The number of hydrogen-bond donors (Lipinski definition) is 2. The second-order valence-electron chi connectivity index (χ2n) is 7.12. The molecule has 0 aromatic carbocycles. The zero-order valence-electron chi connectivity index (χ0n) is 17.3. The minimum absolute atomic E-state index is 0. The maximum Gasteiger partial charge on any atom is 0.417 e. The van der Waals surface area contributed by atoms with Crippen LogP contribution in [-0.4, -0.2) is 60.6 Å². The third kappa shape index (κ3) is 11.1. The average molecular weight is 531 g/mol. The summed E-state index contributed by atoms with van der Waals surface area (Å²) in [6.07, 6.45) is -3.70.